The number of hydrogen-bond donors (Lipinski definition) is 2. The van der Waals surface area contributed by atoms with Crippen LogP contribution in [-0.4, -0.2) is 17.6 Å². The predicted octanol–water partition coefficient (Wildman–Crippen LogP) is 3.23. The minimum atomic E-state index is -0.377. The van der Waals surface area contributed by atoms with E-state index in [4.69, 9.17) is 10.00 Å². The van der Waals surface area contributed by atoms with Crippen molar-refractivity contribution in [1.82, 2.24) is 10.3 Å². The molecule has 2 aromatic rings. The van der Waals surface area contributed by atoms with E-state index >= 15 is 0 Å². The first kappa shape index (κ1) is 16.3. The average Bonchev–Trinajstić information content (AvgIpc) is 2.57. The number of nitriles is 1. The lowest BCUT2D eigenvalue weighted by Gasteiger charge is -2.16. The lowest BCUT2D eigenvalue weighted by atomic mass is 10.1. The number of urea groups is 1. The standard InChI is InChI=1S/C17H18N4O2/c1-3-23-16-7-6-13(10-18)9-15(16)21-17(22)20-12(2)14-5-4-8-19-11-14/h4-9,11-12H,3H2,1-2H3,(H2,20,21,22)/t12-/m1/s1. The number of pyridine rings is 1. The van der Waals surface area contributed by atoms with Gasteiger partial charge in [-0.05, 0) is 43.7 Å². The number of ether oxygens (including phenoxy) is 1. The highest BCUT2D eigenvalue weighted by Gasteiger charge is 2.12. The Hall–Kier alpha value is -3.07. The third-order valence-electron chi connectivity index (χ3n) is 3.19. The fraction of sp³-hybridized carbons (Fsp3) is 0.235. The van der Waals surface area contributed by atoms with Gasteiger partial charge in [0.2, 0.25) is 0 Å². The highest BCUT2D eigenvalue weighted by molar-refractivity contribution is 5.91. The molecule has 0 saturated carbocycles. The van der Waals surface area contributed by atoms with Gasteiger partial charge in [-0.1, -0.05) is 6.07 Å². The molecule has 0 spiro atoms. The van der Waals surface area contributed by atoms with Crippen LogP contribution >= 0.6 is 0 Å². The number of carbonyl (C=O) groups excluding carboxylic acids is 1. The molecule has 2 amide bonds. The maximum atomic E-state index is 12.2. The van der Waals surface area contributed by atoms with E-state index in [0.717, 1.165) is 5.56 Å². The summed E-state index contributed by atoms with van der Waals surface area (Å²) in [5.74, 6) is 0.524. The molecular weight excluding hydrogens is 292 g/mol. The van der Waals surface area contributed by atoms with Crippen molar-refractivity contribution in [2.45, 2.75) is 19.9 Å². The van der Waals surface area contributed by atoms with Crippen LogP contribution < -0.4 is 15.4 Å². The predicted molar refractivity (Wildman–Crippen MR) is 87.1 cm³/mol. The van der Waals surface area contributed by atoms with Gasteiger partial charge in [0, 0.05) is 12.4 Å². The van der Waals surface area contributed by atoms with E-state index in [2.05, 4.69) is 15.6 Å². The largest absolute Gasteiger partial charge is 0.492 e. The van der Waals surface area contributed by atoms with Gasteiger partial charge in [0.15, 0.2) is 0 Å². The van der Waals surface area contributed by atoms with Crippen LogP contribution in [-0.2, 0) is 0 Å². The van der Waals surface area contributed by atoms with Crippen molar-refractivity contribution in [1.29, 1.82) is 5.26 Å². The van der Waals surface area contributed by atoms with Crippen molar-refractivity contribution >= 4 is 11.7 Å². The minimum Gasteiger partial charge on any atom is -0.492 e. The SMILES string of the molecule is CCOc1ccc(C#N)cc1NC(=O)N[C@H](C)c1cccnc1. The molecule has 0 bridgehead atoms. The summed E-state index contributed by atoms with van der Waals surface area (Å²) in [6.07, 6.45) is 3.38. The van der Waals surface area contributed by atoms with E-state index < -0.39 is 0 Å². The second-order valence-electron chi connectivity index (χ2n) is 4.86. The molecule has 0 aliphatic rings. The molecule has 0 aliphatic carbocycles. The molecule has 23 heavy (non-hydrogen) atoms. The zero-order valence-electron chi connectivity index (χ0n) is 13.0. The number of rotatable bonds is 5. The van der Waals surface area contributed by atoms with Gasteiger partial charge in [-0.15, -0.1) is 0 Å². The van der Waals surface area contributed by atoms with Crippen LogP contribution in [0.5, 0.6) is 5.75 Å². The molecule has 6 nitrogen and oxygen atoms in total. The third kappa shape index (κ3) is 4.45. The van der Waals surface area contributed by atoms with Crippen LogP contribution in [0, 0.1) is 11.3 Å². The normalized spacial score (nSPS) is 11.2. The molecule has 0 radical (unpaired) electrons. The Morgan fingerprint density at radius 1 is 1.43 bits per heavy atom. The summed E-state index contributed by atoms with van der Waals surface area (Å²) in [5.41, 5.74) is 1.81. The van der Waals surface area contributed by atoms with Gasteiger partial charge in [0.1, 0.15) is 5.75 Å². The van der Waals surface area contributed by atoms with E-state index in [9.17, 15) is 4.79 Å². The Bertz CT molecular complexity index is 710. The molecule has 0 fully saturated rings. The van der Waals surface area contributed by atoms with Crippen LogP contribution in [0.15, 0.2) is 42.7 Å². The van der Waals surface area contributed by atoms with Gasteiger partial charge in [0.25, 0.3) is 0 Å². The van der Waals surface area contributed by atoms with Crippen LogP contribution in [0.4, 0.5) is 10.5 Å². The van der Waals surface area contributed by atoms with Crippen LogP contribution in [0.2, 0.25) is 0 Å². The molecule has 1 heterocycles. The Morgan fingerprint density at radius 3 is 2.91 bits per heavy atom. The molecule has 2 N–H and O–H groups in total. The monoisotopic (exact) mass is 310 g/mol. The maximum absolute atomic E-state index is 12.2. The summed E-state index contributed by atoms with van der Waals surface area (Å²) in [6.45, 7) is 4.19. The summed E-state index contributed by atoms with van der Waals surface area (Å²) >= 11 is 0. The van der Waals surface area contributed by atoms with E-state index in [0.29, 0.717) is 23.6 Å². The maximum Gasteiger partial charge on any atom is 0.319 e. The van der Waals surface area contributed by atoms with Gasteiger partial charge in [-0.2, -0.15) is 5.26 Å². The van der Waals surface area contributed by atoms with Crippen molar-refractivity contribution < 1.29 is 9.53 Å². The fourth-order valence-corrected chi connectivity index (χ4v) is 2.05. The van der Waals surface area contributed by atoms with E-state index in [1.54, 1.807) is 30.6 Å². The smallest absolute Gasteiger partial charge is 0.319 e. The number of anilines is 1. The number of benzene rings is 1. The molecule has 6 heteroatoms. The first-order valence-corrected chi connectivity index (χ1v) is 7.28. The van der Waals surface area contributed by atoms with Gasteiger partial charge in [-0.3, -0.25) is 4.98 Å². The van der Waals surface area contributed by atoms with Gasteiger partial charge in [-0.25, -0.2) is 4.79 Å². The Balaban J connectivity index is 2.09. The van der Waals surface area contributed by atoms with Gasteiger partial charge in [0.05, 0.1) is 30.0 Å². The highest BCUT2D eigenvalue weighted by atomic mass is 16.5. The van der Waals surface area contributed by atoms with Crippen LogP contribution in [0.3, 0.4) is 0 Å². The third-order valence-corrected chi connectivity index (χ3v) is 3.19. The fourth-order valence-electron chi connectivity index (χ4n) is 2.05. The summed E-state index contributed by atoms with van der Waals surface area (Å²) in [4.78, 5) is 16.2. The van der Waals surface area contributed by atoms with E-state index in [-0.39, 0.29) is 12.1 Å². The van der Waals surface area contributed by atoms with Crippen LogP contribution in [0.25, 0.3) is 0 Å². The molecule has 118 valence electrons. The van der Waals surface area contributed by atoms with E-state index in [1.165, 1.54) is 0 Å². The number of hydrogen-bond acceptors (Lipinski definition) is 4. The molecule has 2 rings (SSSR count). The van der Waals surface area contributed by atoms with Crippen molar-refractivity contribution in [2.75, 3.05) is 11.9 Å². The van der Waals surface area contributed by atoms with Gasteiger partial charge >= 0.3 is 6.03 Å². The molecule has 1 aromatic carbocycles. The number of nitrogens with one attached hydrogen (secondary N) is 2. The Labute approximate surface area is 135 Å². The number of nitrogens with zero attached hydrogens (tertiary/aromatic N) is 2. The minimum absolute atomic E-state index is 0.196. The quantitative estimate of drug-likeness (QED) is 0.887. The summed E-state index contributed by atoms with van der Waals surface area (Å²) in [7, 11) is 0. The number of amides is 2. The lowest BCUT2D eigenvalue weighted by molar-refractivity contribution is 0.249. The molecule has 0 aliphatic heterocycles. The topological polar surface area (TPSA) is 87.0 Å². The Morgan fingerprint density at radius 2 is 2.26 bits per heavy atom. The van der Waals surface area contributed by atoms with Gasteiger partial charge < -0.3 is 15.4 Å². The van der Waals surface area contributed by atoms with Crippen LogP contribution in [0.1, 0.15) is 31.0 Å². The second-order valence-corrected chi connectivity index (χ2v) is 4.86. The molecule has 0 saturated heterocycles. The molecule has 0 unspecified atom stereocenters. The highest BCUT2D eigenvalue weighted by Crippen LogP contribution is 2.25. The second kappa shape index (κ2) is 7.80. The first-order chi connectivity index (χ1) is 11.1. The number of carbonyl (C=O) groups is 1. The lowest BCUT2D eigenvalue weighted by Crippen LogP contribution is -2.31. The first-order valence-electron chi connectivity index (χ1n) is 7.28. The zero-order valence-corrected chi connectivity index (χ0v) is 13.0. The van der Waals surface area contributed by atoms with Crippen molar-refractivity contribution in [3.8, 4) is 11.8 Å². The molecule has 1 atom stereocenters. The number of aromatic nitrogens is 1. The molecular formula is C17H18N4O2. The molecule has 1 aromatic heterocycles. The van der Waals surface area contributed by atoms with Crippen molar-refractivity contribution in [3.63, 3.8) is 0 Å². The van der Waals surface area contributed by atoms with E-state index in [1.807, 2.05) is 32.0 Å². The van der Waals surface area contributed by atoms with Crippen molar-refractivity contribution in [2.24, 2.45) is 0 Å². The summed E-state index contributed by atoms with van der Waals surface area (Å²) < 4.78 is 5.47. The average molecular weight is 310 g/mol. The zero-order chi connectivity index (χ0) is 16.7. The Kier molecular flexibility index (Phi) is 5.53. The van der Waals surface area contributed by atoms with Crippen molar-refractivity contribution in [3.05, 3.63) is 53.9 Å². The summed E-state index contributed by atoms with van der Waals surface area (Å²) in [6, 6.07) is 10.1. The summed E-state index contributed by atoms with van der Waals surface area (Å²) in [5, 5.41) is 14.5.